The lowest BCUT2D eigenvalue weighted by atomic mass is 10.5. The first-order valence-corrected chi connectivity index (χ1v) is 4.29. The van der Waals surface area contributed by atoms with E-state index in [-0.39, 0.29) is 12.4 Å². The van der Waals surface area contributed by atoms with E-state index in [1.54, 1.807) is 24.5 Å². The number of rotatable bonds is 1. The summed E-state index contributed by atoms with van der Waals surface area (Å²) in [7, 11) is 3.80. The SMILES string of the molecule is O=S(Cl)[n+]1ccccc1.[Cl-]. The van der Waals surface area contributed by atoms with Crippen LogP contribution in [0.1, 0.15) is 0 Å². The van der Waals surface area contributed by atoms with Crippen LogP contribution in [0.25, 0.3) is 0 Å². The molecule has 0 aliphatic heterocycles. The van der Waals surface area contributed by atoms with Crippen molar-refractivity contribution in [3.63, 3.8) is 0 Å². The Hall–Kier alpha value is -0.120. The molecular formula is C5H5Cl2NOS. The summed E-state index contributed by atoms with van der Waals surface area (Å²) in [5, 5.41) is 0. The van der Waals surface area contributed by atoms with Gasteiger partial charge in [0.05, 0.1) is 10.7 Å². The van der Waals surface area contributed by atoms with E-state index in [1.165, 1.54) is 3.97 Å². The first-order chi connectivity index (χ1) is 4.30. The third kappa shape index (κ3) is 2.64. The van der Waals surface area contributed by atoms with Crippen molar-refractivity contribution >= 4 is 20.9 Å². The molecule has 0 aliphatic rings. The Kier molecular flexibility index (Phi) is 4.60. The Morgan fingerprint density at radius 2 is 1.70 bits per heavy atom. The van der Waals surface area contributed by atoms with Gasteiger partial charge in [-0.25, -0.2) is 0 Å². The summed E-state index contributed by atoms with van der Waals surface area (Å²) in [5.74, 6) is 0. The van der Waals surface area contributed by atoms with Crippen LogP contribution >= 0.6 is 10.7 Å². The van der Waals surface area contributed by atoms with Gasteiger partial charge in [-0.2, -0.15) is 4.21 Å². The Morgan fingerprint density at radius 3 is 2.00 bits per heavy atom. The molecule has 10 heavy (non-hydrogen) atoms. The molecule has 1 heterocycles. The minimum Gasteiger partial charge on any atom is -1.00 e. The first kappa shape index (κ1) is 9.88. The molecule has 0 spiro atoms. The van der Waals surface area contributed by atoms with Crippen LogP contribution in [0.2, 0.25) is 0 Å². The van der Waals surface area contributed by atoms with Crippen LogP contribution in [-0.4, -0.2) is 4.21 Å². The highest BCUT2D eigenvalue weighted by atomic mass is 35.7. The summed E-state index contributed by atoms with van der Waals surface area (Å²) in [6.07, 6.45) is 3.28. The van der Waals surface area contributed by atoms with Gasteiger partial charge in [-0.1, -0.05) is 10.0 Å². The molecule has 56 valence electrons. The lowest BCUT2D eigenvalue weighted by molar-refractivity contribution is -0.500. The second-order valence-corrected chi connectivity index (χ2v) is 3.07. The van der Waals surface area contributed by atoms with Gasteiger partial charge in [0.15, 0.2) is 12.4 Å². The highest BCUT2D eigenvalue weighted by molar-refractivity contribution is 8.02. The molecule has 1 rings (SSSR count). The zero-order chi connectivity index (χ0) is 6.69. The summed E-state index contributed by atoms with van der Waals surface area (Å²) in [6.45, 7) is 0. The van der Waals surface area contributed by atoms with Crippen molar-refractivity contribution in [3.8, 4) is 0 Å². The summed E-state index contributed by atoms with van der Waals surface area (Å²) in [5.41, 5.74) is 0. The van der Waals surface area contributed by atoms with Crippen LogP contribution in [-0.2, 0) is 10.2 Å². The molecule has 0 aliphatic carbocycles. The van der Waals surface area contributed by atoms with E-state index in [1.807, 2.05) is 6.07 Å². The fourth-order valence-corrected chi connectivity index (χ4v) is 1.09. The van der Waals surface area contributed by atoms with Crippen molar-refractivity contribution in [2.75, 3.05) is 0 Å². The summed E-state index contributed by atoms with van der Waals surface area (Å²) < 4.78 is 11.9. The van der Waals surface area contributed by atoms with E-state index in [0.717, 1.165) is 0 Å². The maximum atomic E-state index is 10.5. The van der Waals surface area contributed by atoms with Gasteiger partial charge in [0.1, 0.15) is 0 Å². The Morgan fingerprint density at radius 1 is 1.20 bits per heavy atom. The normalized spacial score (nSPS) is 11.7. The van der Waals surface area contributed by atoms with Crippen molar-refractivity contribution in [1.82, 2.24) is 0 Å². The molecule has 2 nitrogen and oxygen atoms in total. The van der Waals surface area contributed by atoms with Crippen LogP contribution in [0.5, 0.6) is 0 Å². The smallest absolute Gasteiger partial charge is 0.390 e. The van der Waals surface area contributed by atoms with Crippen LogP contribution in [0.15, 0.2) is 30.6 Å². The molecule has 5 heteroatoms. The quantitative estimate of drug-likeness (QED) is 0.365. The van der Waals surface area contributed by atoms with Crippen molar-refractivity contribution in [2.24, 2.45) is 0 Å². The van der Waals surface area contributed by atoms with Gasteiger partial charge in [0, 0.05) is 12.1 Å². The molecule has 1 aromatic rings. The van der Waals surface area contributed by atoms with E-state index in [4.69, 9.17) is 10.7 Å². The molecule has 0 saturated carbocycles. The van der Waals surface area contributed by atoms with Crippen molar-refractivity contribution < 1.29 is 20.6 Å². The molecule has 1 aromatic heterocycles. The molecule has 1 atom stereocenters. The molecule has 0 radical (unpaired) electrons. The molecule has 0 amide bonds. The van der Waals surface area contributed by atoms with Gasteiger partial charge in [-0.3, -0.25) is 0 Å². The summed E-state index contributed by atoms with van der Waals surface area (Å²) >= 11 is 0. The maximum Gasteiger partial charge on any atom is 0.390 e. The molecular weight excluding hydrogens is 193 g/mol. The zero-order valence-corrected chi connectivity index (χ0v) is 7.23. The second-order valence-electron chi connectivity index (χ2n) is 1.44. The maximum absolute atomic E-state index is 10.5. The monoisotopic (exact) mass is 197 g/mol. The standard InChI is InChI=1S/C5H5ClNOS.ClH/c6-9(8)7-4-2-1-3-5-7;/h1-5H;1H/q+1;/p-1. The number of halogens is 2. The molecule has 0 N–H and O–H groups in total. The lowest BCUT2D eigenvalue weighted by Crippen LogP contribution is -3.00. The first-order valence-electron chi connectivity index (χ1n) is 2.35. The molecule has 0 aromatic carbocycles. The fourth-order valence-electron chi connectivity index (χ4n) is 0.479. The number of pyridine rings is 1. The van der Waals surface area contributed by atoms with E-state index < -0.39 is 10.2 Å². The van der Waals surface area contributed by atoms with Gasteiger partial charge in [0.25, 0.3) is 0 Å². The minimum atomic E-state index is -1.44. The zero-order valence-electron chi connectivity index (χ0n) is 4.91. The van der Waals surface area contributed by atoms with E-state index in [9.17, 15) is 4.21 Å². The van der Waals surface area contributed by atoms with E-state index in [2.05, 4.69) is 0 Å². The predicted octanol–water partition coefficient (Wildman–Crippen LogP) is -2.36. The molecule has 1 unspecified atom stereocenters. The number of hydrogen-bond acceptors (Lipinski definition) is 1. The highest BCUT2D eigenvalue weighted by Gasteiger charge is 2.02. The topological polar surface area (TPSA) is 20.9 Å². The van der Waals surface area contributed by atoms with E-state index >= 15 is 0 Å². The Bertz CT molecular complexity index is 216. The van der Waals surface area contributed by atoms with Crippen LogP contribution in [0.4, 0.5) is 0 Å². The largest absolute Gasteiger partial charge is 1.00 e. The van der Waals surface area contributed by atoms with Gasteiger partial charge < -0.3 is 12.4 Å². The fraction of sp³-hybridized carbons (Fsp3) is 0. The number of hydrogen-bond donors (Lipinski definition) is 0. The van der Waals surface area contributed by atoms with Crippen LogP contribution < -0.4 is 16.4 Å². The van der Waals surface area contributed by atoms with Crippen LogP contribution in [0, 0.1) is 0 Å². The molecule has 0 bridgehead atoms. The third-order valence-corrected chi connectivity index (χ3v) is 1.91. The predicted molar refractivity (Wildman–Crippen MR) is 36.0 cm³/mol. The van der Waals surface area contributed by atoms with Gasteiger partial charge >= 0.3 is 10.2 Å². The van der Waals surface area contributed by atoms with Crippen molar-refractivity contribution in [3.05, 3.63) is 30.6 Å². The highest BCUT2D eigenvalue weighted by Crippen LogP contribution is 1.82. The summed E-state index contributed by atoms with van der Waals surface area (Å²) in [6, 6.07) is 5.36. The minimum absolute atomic E-state index is 0. The van der Waals surface area contributed by atoms with Crippen LogP contribution in [0.3, 0.4) is 0 Å². The third-order valence-electron chi connectivity index (χ3n) is 0.854. The average Bonchev–Trinajstić information content (AvgIpc) is 1.90. The van der Waals surface area contributed by atoms with Gasteiger partial charge in [0.2, 0.25) is 0 Å². The van der Waals surface area contributed by atoms with Gasteiger partial charge in [-0.15, -0.1) is 0 Å². The summed E-state index contributed by atoms with van der Waals surface area (Å²) in [4.78, 5) is 0. The second kappa shape index (κ2) is 4.66. The number of nitrogens with zero attached hydrogens (tertiary/aromatic N) is 1. The average molecular weight is 198 g/mol. The number of aromatic nitrogens is 1. The Labute approximate surface area is 72.3 Å². The van der Waals surface area contributed by atoms with E-state index in [0.29, 0.717) is 0 Å². The Balaban J connectivity index is 0.000000810. The molecule has 0 saturated heterocycles. The van der Waals surface area contributed by atoms with Crippen molar-refractivity contribution in [1.29, 1.82) is 0 Å². The van der Waals surface area contributed by atoms with Crippen molar-refractivity contribution in [2.45, 2.75) is 0 Å². The lowest BCUT2D eigenvalue weighted by Gasteiger charge is -1.81. The molecule has 0 fully saturated rings. The van der Waals surface area contributed by atoms with Gasteiger partial charge in [-0.05, 0) is 0 Å².